The molecule has 1 atom stereocenters. The Hall–Kier alpha value is -2.33. The topological polar surface area (TPSA) is 64.3 Å². The van der Waals surface area contributed by atoms with Crippen LogP contribution in [-0.4, -0.2) is 25.6 Å². The van der Waals surface area contributed by atoms with Gasteiger partial charge in [0.1, 0.15) is 11.9 Å². The minimum atomic E-state index is -0.100. The van der Waals surface area contributed by atoms with Gasteiger partial charge in [-0.1, -0.05) is 36.4 Å². The smallest absolute Gasteiger partial charge is 0.251 e. The molecule has 0 spiro atoms. The maximum absolute atomic E-state index is 12.1. The molecule has 21 heavy (non-hydrogen) atoms. The van der Waals surface area contributed by atoms with Crippen LogP contribution in [0.2, 0.25) is 0 Å². The Morgan fingerprint density at radius 1 is 1.24 bits per heavy atom. The number of nitrogens with one attached hydrogen (secondary N) is 1. The van der Waals surface area contributed by atoms with Crippen molar-refractivity contribution in [3.63, 3.8) is 0 Å². The lowest BCUT2D eigenvalue weighted by molar-refractivity contribution is 0.0963. The number of para-hydroxylation sites is 1. The van der Waals surface area contributed by atoms with Crippen molar-refractivity contribution in [3.8, 4) is 16.9 Å². The van der Waals surface area contributed by atoms with Crippen molar-refractivity contribution in [2.24, 2.45) is 5.73 Å². The highest BCUT2D eigenvalue weighted by atomic mass is 16.5. The molecular weight excluding hydrogens is 264 g/mol. The lowest BCUT2D eigenvalue weighted by Crippen LogP contribution is -2.24. The van der Waals surface area contributed by atoms with Gasteiger partial charge < -0.3 is 15.8 Å². The highest BCUT2D eigenvalue weighted by molar-refractivity contribution is 6.01. The number of nitrogens with two attached hydrogens (primary N) is 1. The lowest BCUT2D eigenvalue weighted by atomic mass is 9.96. The molecule has 2 aromatic carbocycles. The number of carbonyl (C=O) groups excluding carboxylic acids is 1. The molecule has 0 aliphatic carbocycles. The summed E-state index contributed by atoms with van der Waals surface area (Å²) in [6.45, 7) is 0.491. The third-order valence-electron chi connectivity index (χ3n) is 3.78. The van der Waals surface area contributed by atoms with E-state index in [1.807, 2.05) is 36.4 Å². The van der Waals surface area contributed by atoms with Crippen LogP contribution in [0.3, 0.4) is 0 Å². The first-order valence-corrected chi connectivity index (χ1v) is 7.04. The number of rotatable bonds is 3. The number of fused-ring (bicyclic) bond motifs is 1. The molecule has 1 amide bonds. The summed E-state index contributed by atoms with van der Waals surface area (Å²) in [5.74, 6) is 0.751. The van der Waals surface area contributed by atoms with Crippen molar-refractivity contribution >= 4 is 5.91 Å². The zero-order valence-electron chi connectivity index (χ0n) is 11.9. The van der Waals surface area contributed by atoms with Crippen molar-refractivity contribution in [2.45, 2.75) is 12.5 Å². The van der Waals surface area contributed by atoms with Gasteiger partial charge in [-0.05, 0) is 17.2 Å². The molecule has 108 valence electrons. The maximum atomic E-state index is 12.1. The molecule has 0 saturated carbocycles. The lowest BCUT2D eigenvalue weighted by Gasteiger charge is -2.13. The van der Waals surface area contributed by atoms with Gasteiger partial charge in [-0.25, -0.2) is 0 Å². The third kappa shape index (κ3) is 2.38. The molecule has 1 heterocycles. The minimum absolute atomic E-state index is 0.0216. The average molecular weight is 282 g/mol. The van der Waals surface area contributed by atoms with E-state index < -0.39 is 0 Å². The van der Waals surface area contributed by atoms with Crippen molar-refractivity contribution in [1.29, 1.82) is 0 Å². The molecule has 0 fully saturated rings. The maximum Gasteiger partial charge on any atom is 0.251 e. The van der Waals surface area contributed by atoms with E-state index in [1.54, 1.807) is 7.05 Å². The summed E-state index contributed by atoms with van der Waals surface area (Å²) < 4.78 is 5.95. The Kier molecular flexibility index (Phi) is 3.62. The largest absolute Gasteiger partial charge is 0.488 e. The second-order valence-corrected chi connectivity index (χ2v) is 5.10. The summed E-state index contributed by atoms with van der Waals surface area (Å²) in [4.78, 5) is 12.1. The zero-order valence-corrected chi connectivity index (χ0v) is 11.9. The van der Waals surface area contributed by atoms with E-state index in [1.165, 1.54) is 0 Å². The normalized spacial score (nSPS) is 16.2. The number of hydrogen-bond donors (Lipinski definition) is 2. The van der Waals surface area contributed by atoms with Crippen LogP contribution in [0.4, 0.5) is 0 Å². The number of ether oxygens (including phenoxy) is 1. The van der Waals surface area contributed by atoms with Crippen LogP contribution in [0.15, 0.2) is 42.5 Å². The molecule has 1 unspecified atom stereocenters. The standard InChI is InChI=1S/C17H18N2O2/c1-19-17(20)15-7-3-2-6-13(15)14-8-4-5-11-9-12(10-18)21-16(11)14/h2-8,12H,9-10,18H2,1H3,(H,19,20). The van der Waals surface area contributed by atoms with Crippen LogP contribution < -0.4 is 15.8 Å². The fourth-order valence-electron chi connectivity index (χ4n) is 2.73. The van der Waals surface area contributed by atoms with E-state index in [0.29, 0.717) is 12.1 Å². The van der Waals surface area contributed by atoms with Gasteiger partial charge in [-0.3, -0.25) is 4.79 Å². The first kappa shape index (κ1) is 13.6. The van der Waals surface area contributed by atoms with Crippen LogP contribution >= 0.6 is 0 Å². The van der Waals surface area contributed by atoms with E-state index in [4.69, 9.17) is 10.5 Å². The SMILES string of the molecule is CNC(=O)c1ccccc1-c1cccc2c1OC(CN)C2. The van der Waals surface area contributed by atoms with Gasteiger partial charge in [0.15, 0.2) is 0 Å². The molecule has 0 aromatic heterocycles. The summed E-state index contributed by atoms with van der Waals surface area (Å²) in [6.07, 6.45) is 0.843. The average Bonchev–Trinajstić information content (AvgIpc) is 2.97. The number of benzene rings is 2. The molecule has 3 rings (SSSR count). The van der Waals surface area contributed by atoms with Gasteiger partial charge in [0, 0.05) is 31.1 Å². The first-order valence-electron chi connectivity index (χ1n) is 7.04. The number of carbonyl (C=O) groups is 1. The Morgan fingerprint density at radius 3 is 2.76 bits per heavy atom. The van der Waals surface area contributed by atoms with E-state index in [0.717, 1.165) is 28.9 Å². The molecular formula is C17H18N2O2. The van der Waals surface area contributed by atoms with Crippen LogP contribution in [0.5, 0.6) is 5.75 Å². The Labute approximate surface area is 123 Å². The van der Waals surface area contributed by atoms with Crippen LogP contribution in [-0.2, 0) is 6.42 Å². The second kappa shape index (κ2) is 5.58. The van der Waals surface area contributed by atoms with Gasteiger partial charge in [-0.15, -0.1) is 0 Å². The molecule has 1 aliphatic rings. The third-order valence-corrected chi connectivity index (χ3v) is 3.78. The van der Waals surface area contributed by atoms with E-state index in [9.17, 15) is 4.79 Å². The summed E-state index contributed by atoms with van der Waals surface area (Å²) in [5, 5.41) is 2.68. The summed E-state index contributed by atoms with van der Waals surface area (Å²) in [6, 6.07) is 13.6. The molecule has 0 radical (unpaired) electrons. The van der Waals surface area contributed by atoms with Gasteiger partial charge in [0.2, 0.25) is 0 Å². The fraction of sp³-hybridized carbons (Fsp3) is 0.235. The molecule has 0 saturated heterocycles. The monoisotopic (exact) mass is 282 g/mol. The van der Waals surface area contributed by atoms with E-state index in [2.05, 4.69) is 11.4 Å². The van der Waals surface area contributed by atoms with Crippen molar-refractivity contribution < 1.29 is 9.53 Å². The highest BCUT2D eigenvalue weighted by Crippen LogP contribution is 2.39. The molecule has 0 bridgehead atoms. The molecule has 3 N–H and O–H groups in total. The Balaban J connectivity index is 2.12. The minimum Gasteiger partial charge on any atom is -0.488 e. The van der Waals surface area contributed by atoms with Crippen molar-refractivity contribution in [1.82, 2.24) is 5.32 Å². The molecule has 1 aliphatic heterocycles. The van der Waals surface area contributed by atoms with Crippen LogP contribution in [0, 0.1) is 0 Å². The van der Waals surface area contributed by atoms with Gasteiger partial charge in [0.25, 0.3) is 5.91 Å². The predicted molar refractivity (Wildman–Crippen MR) is 82.4 cm³/mol. The molecule has 2 aromatic rings. The summed E-state index contributed by atoms with van der Waals surface area (Å²) >= 11 is 0. The van der Waals surface area contributed by atoms with Crippen LogP contribution in [0.1, 0.15) is 15.9 Å². The van der Waals surface area contributed by atoms with Gasteiger partial charge >= 0.3 is 0 Å². The quantitative estimate of drug-likeness (QED) is 0.904. The van der Waals surface area contributed by atoms with Crippen molar-refractivity contribution in [2.75, 3.05) is 13.6 Å². The first-order chi connectivity index (χ1) is 10.2. The number of hydrogen-bond acceptors (Lipinski definition) is 3. The van der Waals surface area contributed by atoms with Gasteiger partial charge in [0.05, 0.1) is 0 Å². The summed E-state index contributed by atoms with van der Waals surface area (Å²) in [7, 11) is 1.63. The van der Waals surface area contributed by atoms with Gasteiger partial charge in [-0.2, -0.15) is 0 Å². The Bertz CT molecular complexity index is 682. The highest BCUT2D eigenvalue weighted by Gasteiger charge is 2.25. The van der Waals surface area contributed by atoms with E-state index in [-0.39, 0.29) is 12.0 Å². The zero-order chi connectivity index (χ0) is 14.8. The second-order valence-electron chi connectivity index (χ2n) is 5.10. The molecule has 4 heteroatoms. The Morgan fingerprint density at radius 2 is 2.00 bits per heavy atom. The fourth-order valence-corrected chi connectivity index (χ4v) is 2.73. The van der Waals surface area contributed by atoms with E-state index >= 15 is 0 Å². The van der Waals surface area contributed by atoms with Crippen LogP contribution in [0.25, 0.3) is 11.1 Å². The van der Waals surface area contributed by atoms with Crippen molar-refractivity contribution in [3.05, 3.63) is 53.6 Å². The summed E-state index contributed by atoms with van der Waals surface area (Å²) in [5.41, 5.74) is 9.33. The predicted octanol–water partition coefficient (Wildman–Crippen LogP) is 1.98. The molecule has 4 nitrogen and oxygen atoms in total. The number of amides is 1.